The maximum absolute atomic E-state index is 10.8. The lowest BCUT2D eigenvalue weighted by atomic mass is 11.1. The van der Waals surface area contributed by atoms with Crippen molar-refractivity contribution in [2.24, 2.45) is 0 Å². The molecule has 0 aromatic carbocycles. The molecule has 0 aliphatic carbocycles. The molecule has 0 rings (SSSR count). The number of halogens is 2. The summed E-state index contributed by atoms with van der Waals surface area (Å²) < 4.78 is 11.8. The van der Waals surface area contributed by atoms with Crippen LogP contribution in [0.1, 0.15) is 0 Å². The molecule has 0 saturated carbocycles. The Balaban J connectivity index is 3.14. The molecule has 5 heavy (non-hydrogen) atoms. The van der Waals surface area contributed by atoms with Gasteiger partial charge in [-0.25, -0.2) is 0 Å². The molecule has 0 fully saturated rings. The predicted molar refractivity (Wildman–Crippen MR) is 25.8 cm³/mol. The average molecular weight is 188 g/mol. The highest BCUT2D eigenvalue weighted by Crippen LogP contribution is 1.92. The highest BCUT2D eigenvalue weighted by atomic mass is 127. The summed E-state index contributed by atoms with van der Waals surface area (Å²) >= 11 is 1.59. The summed E-state index contributed by atoms with van der Waals surface area (Å²) in [7, 11) is 0. The van der Waals surface area contributed by atoms with E-state index in [0.717, 1.165) is 4.08 Å². The first-order chi connectivity index (χ1) is 2.27. The summed E-state index contributed by atoms with van der Waals surface area (Å²) in [6.07, 6.45) is 0. The van der Waals surface area contributed by atoms with Crippen molar-refractivity contribution in [3.05, 3.63) is 10.1 Å². The van der Waals surface area contributed by atoms with E-state index >= 15 is 0 Å². The average Bonchev–Trinajstić information content (AvgIpc) is 1.38. The molecule has 0 aromatic heterocycles. The van der Waals surface area contributed by atoms with Crippen LogP contribution >= 0.6 is 22.6 Å². The van der Waals surface area contributed by atoms with Crippen molar-refractivity contribution >= 4 is 22.6 Å². The first-order valence-electron chi connectivity index (χ1n) is 0.919. The van der Waals surface area contributed by atoms with Gasteiger partial charge in [0.15, 0.2) is 0 Å². The molecule has 0 spiro atoms. The fraction of sp³-hybridized carbons (Fsp3) is 0. The largest absolute Gasteiger partial charge is 0.486 e. The summed E-state index contributed by atoms with van der Waals surface area (Å²) in [6.45, 7) is 0. The molecule has 0 amide bonds. The second-order valence-electron chi connectivity index (χ2n) is 0.432. The maximum atomic E-state index is 10.8. The monoisotopic (exact) mass is 188 g/mol. The van der Waals surface area contributed by atoms with Gasteiger partial charge in [0.05, 0.1) is 0 Å². The van der Waals surface area contributed by atoms with Crippen LogP contribution in [0.5, 0.6) is 0 Å². The molecule has 1 N–H and O–H groups in total. The number of hydrogen-bond donors (Lipinski definition) is 1. The highest BCUT2D eigenvalue weighted by molar-refractivity contribution is 14.1. The van der Waals surface area contributed by atoms with Crippen molar-refractivity contribution in [3.8, 4) is 0 Å². The molecule has 0 unspecified atom stereocenters. The van der Waals surface area contributed by atoms with Gasteiger partial charge in [-0.2, -0.15) is 4.39 Å². The third-order valence-corrected chi connectivity index (χ3v) is 0.604. The molecule has 3 heteroatoms. The van der Waals surface area contributed by atoms with Crippen molar-refractivity contribution in [2.45, 2.75) is 0 Å². The van der Waals surface area contributed by atoms with Crippen LogP contribution in [0, 0.1) is 0 Å². The van der Waals surface area contributed by atoms with E-state index in [4.69, 9.17) is 5.11 Å². The Morgan fingerprint density at radius 2 is 2.20 bits per heavy atom. The summed E-state index contributed by atoms with van der Waals surface area (Å²) in [5.74, 6) is 0. The second-order valence-corrected chi connectivity index (χ2v) is 1.05. The number of aliphatic hydroxyl groups is 1. The zero-order valence-electron chi connectivity index (χ0n) is 2.28. The van der Waals surface area contributed by atoms with E-state index in [2.05, 4.69) is 0 Å². The van der Waals surface area contributed by atoms with E-state index in [1.54, 1.807) is 22.6 Å². The molecule has 0 atom stereocenters. The van der Waals surface area contributed by atoms with E-state index in [0.29, 0.717) is 0 Å². The van der Waals surface area contributed by atoms with E-state index < -0.39 is 6.01 Å². The summed E-state index contributed by atoms with van der Waals surface area (Å²) in [5, 5.41) is 7.55. The molecule has 0 heterocycles. The molecule has 0 aliphatic heterocycles. The van der Waals surface area contributed by atoms with Crippen LogP contribution < -0.4 is 0 Å². The number of hydrogen-bond acceptors (Lipinski definition) is 1. The van der Waals surface area contributed by atoms with Crippen molar-refractivity contribution in [1.82, 2.24) is 0 Å². The third-order valence-electron chi connectivity index (χ3n) is 0.0900. The van der Waals surface area contributed by atoms with Gasteiger partial charge in [-0.05, 0) is 22.6 Å². The molecule has 0 bridgehead atoms. The van der Waals surface area contributed by atoms with E-state index in [-0.39, 0.29) is 0 Å². The Morgan fingerprint density at radius 3 is 2.20 bits per heavy atom. The minimum Gasteiger partial charge on any atom is -0.486 e. The van der Waals surface area contributed by atoms with Gasteiger partial charge >= 0.3 is 0 Å². The van der Waals surface area contributed by atoms with Crippen LogP contribution in [0.25, 0.3) is 0 Å². The van der Waals surface area contributed by atoms with Gasteiger partial charge in [0.2, 0.25) is 0 Å². The Labute approximate surface area is 42.6 Å². The fourth-order valence-corrected chi connectivity index (χ4v) is 0. The lowest BCUT2D eigenvalue weighted by Gasteiger charge is -1.67. The van der Waals surface area contributed by atoms with E-state index in [9.17, 15) is 4.39 Å². The third kappa shape index (κ3) is 4.20. The van der Waals surface area contributed by atoms with Crippen LogP contribution in [0.2, 0.25) is 0 Å². The number of aliphatic hydroxyl groups excluding tert-OH is 1. The van der Waals surface area contributed by atoms with Crippen LogP contribution in [0.3, 0.4) is 0 Å². The van der Waals surface area contributed by atoms with Crippen molar-refractivity contribution in [3.63, 3.8) is 0 Å². The standard InChI is InChI=1S/C2H2FIO/c3-2(5)1-4/h1,5H. The van der Waals surface area contributed by atoms with Gasteiger partial charge in [-0.1, -0.05) is 0 Å². The summed E-state index contributed by atoms with van der Waals surface area (Å²) in [6, 6.07) is -1.13. The van der Waals surface area contributed by atoms with Gasteiger partial charge in [0.1, 0.15) is 0 Å². The Hall–Kier alpha value is 0.200. The Kier molecular flexibility index (Phi) is 2.54. The minimum absolute atomic E-state index is 0.942. The molecule has 0 aromatic rings. The Morgan fingerprint density at radius 1 is 2.00 bits per heavy atom. The molecule has 0 aliphatic rings. The quantitative estimate of drug-likeness (QED) is 0.453. The lowest BCUT2D eigenvalue weighted by Crippen LogP contribution is -1.54. The fourth-order valence-electron chi connectivity index (χ4n) is 0. The minimum atomic E-state index is -1.13. The van der Waals surface area contributed by atoms with Crippen LogP contribution in [0.15, 0.2) is 10.1 Å². The maximum Gasteiger partial charge on any atom is 0.276 e. The van der Waals surface area contributed by atoms with E-state index in [1.807, 2.05) is 0 Å². The first kappa shape index (κ1) is 5.20. The molecule has 0 radical (unpaired) electrons. The van der Waals surface area contributed by atoms with Crippen molar-refractivity contribution < 1.29 is 9.50 Å². The normalized spacial score (nSPS) is 12.0. The predicted octanol–water partition coefficient (Wildman–Crippen LogP) is 1.75. The summed E-state index contributed by atoms with van der Waals surface area (Å²) in [4.78, 5) is 0. The molecule has 1 nitrogen and oxygen atoms in total. The molecular formula is C2H2FIO. The SMILES string of the molecule is OC(F)=CI. The van der Waals surface area contributed by atoms with Gasteiger partial charge in [-0.3, -0.25) is 0 Å². The van der Waals surface area contributed by atoms with Crippen LogP contribution in [0.4, 0.5) is 4.39 Å². The molecular weight excluding hydrogens is 186 g/mol. The smallest absolute Gasteiger partial charge is 0.276 e. The molecule has 0 saturated heterocycles. The topological polar surface area (TPSA) is 20.2 Å². The van der Waals surface area contributed by atoms with Crippen molar-refractivity contribution in [1.29, 1.82) is 0 Å². The lowest BCUT2D eigenvalue weighted by molar-refractivity contribution is 0.286. The zero-order chi connectivity index (χ0) is 4.28. The second kappa shape index (κ2) is 2.44. The van der Waals surface area contributed by atoms with Gasteiger partial charge < -0.3 is 5.11 Å². The number of rotatable bonds is 0. The van der Waals surface area contributed by atoms with Crippen LogP contribution in [-0.2, 0) is 0 Å². The van der Waals surface area contributed by atoms with Gasteiger partial charge in [-0.15, -0.1) is 0 Å². The summed E-state index contributed by atoms with van der Waals surface area (Å²) in [5.41, 5.74) is 0. The Bertz CT molecular complexity index is 47.6. The van der Waals surface area contributed by atoms with Crippen LogP contribution in [-0.4, -0.2) is 5.11 Å². The highest BCUT2D eigenvalue weighted by Gasteiger charge is 1.72. The zero-order valence-corrected chi connectivity index (χ0v) is 4.44. The van der Waals surface area contributed by atoms with E-state index in [1.165, 1.54) is 0 Å². The molecule has 30 valence electrons. The van der Waals surface area contributed by atoms with Crippen molar-refractivity contribution in [2.75, 3.05) is 0 Å². The van der Waals surface area contributed by atoms with Gasteiger partial charge in [0, 0.05) is 4.08 Å². The first-order valence-corrected chi connectivity index (χ1v) is 2.17. The van der Waals surface area contributed by atoms with Gasteiger partial charge in [0.25, 0.3) is 6.01 Å².